The fourth-order valence-corrected chi connectivity index (χ4v) is 4.20. The molecule has 0 aliphatic heterocycles. The van der Waals surface area contributed by atoms with Crippen molar-refractivity contribution in [3.05, 3.63) is 98.4 Å². The van der Waals surface area contributed by atoms with E-state index in [4.69, 9.17) is 9.47 Å². The van der Waals surface area contributed by atoms with Gasteiger partial charge in [0.25, 0.3) is 11.5 Å². The van der Waals surface area contributed by atoms with E-state index < -0.39 is 29.5 Å². The summed E-state index contributed by atoms with van der Waals surface area (Å²) in [5.41, 5.74) is 0.285. The van der Waals surface area contributed by atoms with Gasteiger partial charge in [-0.25, -0.2) is 9.18 Å². The molecule has 0 spiro atoms. The van der Waals surface area contributed by atoms with Crippen LogP contribution in [0.2, 0.25) is 0 Å². The van der Waals surface area contributed by atoms with Gasteiger partial charge in [-0.05, 0) is 54.4 Å². The fourth-order valence-electron chi connectivity index (χ4n) is 4.20. The van der Waals surface area contributed by atoms with E-state index in [2.05, 4.69) is 10.6 Å². The second kappa shape index (κ2) is 12.3. The SMILES string of the molecule is CCCNC(=O)c1ccc(Cn2c(=O)c3cc(OC)c(OC)cc3n(CC(=O)Nc3ccc(F)cc3)c2=O)cc1. The molecule has 1 heterocycles. The third-order valence-corrected chi connectivity index (χ3v) is 6.25. The number of carbonyl (C=O) groups excluding carboxylic acids is 2. The molecule has 0 unspecified atom stereocenters. The smallest absolute Gasteiger partial charge is 0.332 e. The highest BCUT2D eigenvalue weighted by Crippen LogP contribution is 2.30. The number of carbonyl (C=O) groups is 2. The highest BCUT2D eigenvalue weighted by atomic mass is 19.1. The van der Waals surface area contributed by atoms with Crippen LogP contribution in [0.3, 0.4) is 0 Å². The number of fused-ring (bicyclic) bond motifs is 1. The molecule has 0 saturated carbocycles. The molecular formula is C29H29FN4O6. The minimum Gasteiger partial charge on any atom is -0.493 e. The summed E-state index contributed by atoms with van der Waals surface area (Å²) in [5, 5.41) is 5.57. The van der Waals surface area contributed by atoms with E-state index in [9.17, 15) is 23.6 Å². The van der Waals surface area contributed by atoms with Crippen LogP contribution in [0.4, 0.5) is 10.1 Å². The lowest BCUT2D eigenvalue weighted by molar-refractivity contribution is -0.116. The summed E-state index contributed by atoms with van der Waals surface area (Å²) in [6.07, 6.45) is 0.805. The zero-order valence-corrected chi connectivity index (χ0v) is 22.3. The van der Waals surface area contributed by atoms with Gasteiger partial charge in [-0.1, -0.05) is 19.1 Å². The zero-order valence-electron chi connectivity index (χ0n) is 22.3. The fraction of sp³-hybridized carbons (Fsp3) is 0.241. The molecule has 0 saturated heterocycles. The summed E-state index contributed by atoms with van der Waals surface area (Å²) < 4.78 is 26.2. The van der Waals surface area contributed by atoms with Crippen LogP contribution >= 0.6 is 0 Å². The predicted octanol–water partition coefficient (Wildman–Crippen LogP) is 3.15. The number of anilines is 1. The van der Waals surface area contributed by atoms with Crippen LogP contribution in [0.5, 0.6) is 11.5 Å². The summed E-state index contributed by atoms with van der Waals surface area (Å²) >= 11 is 0. The second-order valence-corrected chi connectivity index (χ2v) is 8.99. The van der Waals surface area contributed by atoms with Crippen molar-refractivity contribution < 1.29 is 23.5 Å². The van der Waals surface area contributed by atoms with Gasteiger partial charge in [0.05, 0.1) is 31.7 Å². The van der Waals surface area contributed by atoms with Gasteiger partial charge >= 0.3 is 5.69 Å². The first-order valence-corrected chi connectivity index (χ1v) is 12.6. The van der Waals surface area contributed by atoms with Crippen LogP contribution in [-0.2, 0) is 17.9 Å². The molecular weight excluding hydrogens is 519 g/mol. The first kappa shape index (κ1) is 28.1. The standard InChI is InChI=1S/C29H29FN4O6/c1-4-13-31-27(36)19-7-5-18(6-8-19)16-34-28(37)22-14-24(39-2)25(40-3)15-23(22)33(29(34)38)17-26(35)32-21-11-9-20(30)10-12-21/h5-12,14-15H,4,13,16-17H2,1-3H3,(H,31,36)(H,32,35). The van der Waals surface area contributed by atoms with E-state index in [0.717, 1.165) is 11.0 Å². The van der Waals surface area contributed by atoms with Crippen molar-refractivity contribution in [3.63, 3.8) is 0 Å². The van der Waals surface area contributed by atoms with E-state index in [1.54, 1.807) is 24.3 Å². The molecule has 0 aliphatic rings. The van der Waals surface area contributed by atoms with Crippen molar-refractivity contribution in [1.29, 1.82) is 0 Å². The predicted molar refractivity (Wildman–Crippen MR) is 149 cm³/mol. The maximum absolute atomic E-state index is 13.6. The summed E-state index contributed by atoms with van der Waals surface area (Å²) in [4.78, 5) is 52.3. The number of aromatic nitrogens is 2. The summed E-state index contributed by atoms with van der Waals surface area (Å²) in [7, 11) is 2.84. The van der Waals surface area contributed by atoms with Crippen LogP contribution in [0.25, 0.3) is 10.9 Å². The maximum atomic E-state index is 13.6. The minimum atomic E-state index is -0.719. The number of hydrogen-bond donors (Lipinski definition) is 2. The number of nitrogens with one attached hydrogen (secondary N) is 2. The Morgan fingerprint density at radius 3 is 2.17 bits per heavy atom. The van der Waals surface area contributed by atoms with Crippen molar-refractivity contribution in [2.75, 3.05) is 26.1 Å². The van der Waals surface area contributed by atoms with E-state index in [1.807, 2.05) is 6.92 Å². The molecule has 4 aromatic rings. The minimum absolute atomic E-state index is 0.0988. The molecule has 3 aromatic carbocycles. The number of hydrogen-bond acceptors (Lipinski definition) is 6. The number of halogens is 1. The summed E-state index contributed by atoms with van der Waals surface area (Å²) in [5.74, 6) is -0.675. The number of rotatable bonds is 10. The topological polar surface area (TPSA) is 121 Å². The van der Waals surface area contributed by atoms with E-state index in [0.29, 0.717) is 23.4 Å². The molecule has 1 aromatic heterocycles. The van der Waals surface area contributed by atoms with Crippen molar-refractivity contribution in [2.45, 2.75) is 26.4 Å². The van der Waals surface area contributed by atoms with Gasteiger partial charge in [0.1, 0.15) is 12.4 Å². The van der Waals surface area contributed by atoms with E-state index in [1.165, 1.54) is 55.2 Å². The van der Waals surface area contributed by atoms with E-state index >= 15 is 0 Å². The second-order valence-electron chi connectivity index (χ2n) is 8.99. The van der Waals surface area contributed by atoms with Crippen LogP contribution in [0.1, 0.15) is 29.3 Å². The van der Waals surface area contributed by atoms with Crippen molar-refractivity contribution >= 4 is 28.4 Å². The van der Waals surface area contributed by atoms with Gasteiger partial charge in [0.15, 0.2) is 11.5 Å². The first-order valence-electron chi connectivity index (χ1n) is 12.6. The van der Waals surface area contributed by atoms with Crippen molar-refractivity contribution in [2.24, 2.45) is 0 Å². The van der Waals surface area contributed by atoms with Crippen molar-refractivity contribution in [3.8, 4) is 11.5 Å². The van der Waals surface area contributed by atoms with Crippen LogP contribution in [0, 0.1) is 5.82 Å². The molecule has 0 radical (unpaired) electrons. The normalized spacial score (nSPS) is 10.8. The van der Waals surface area contributed by atoms with Gasteiger partial charge in [0, 0.05) is 23.9 Å². The van der Waals surface area contributed by atoms with Gasteiger partial charge in [-0.15, -0.1) is 0 Å². The summed E-state index contributed by atoms with van der Waals surface area (Å²) in [6.45, 7) is 1.97. The summed E-state index contributed by atoms with van der Waals surface area (Å²) in [6, 6.07) is 14.7. The molecule has 0 fully saturated rings. The first-order chi connectivity index (χ1) is 19.2. The molecule has 0 bridgehead atoms. The number of nitrogens with zero attached hydrogens (tertiary/aromatic N) is 2. The monoisotopic (exact) mass is 548 g/mol. The third-order valence-electron chi connectivity index (χ3n) is 6.25. The maximum Gasteiger partial charge on any atom is 0.332 e. The Hall–Kier alpha value is -4.93. The van der Waals surface area contributed by atoms with Gasteiger partial charge < -0.3 is 20.1 Å². The number of methoxy groups -OCH3 is 2. The Morgan fingerprint density at radius 1 is 0.900 bits per heavy atom. The molecule has 40 heavy (non-hydrogen) atoms. The Kier molecular flexibility index (Phi) is 8.63. The van der Waals surface area contributed by atoms with E-state index in [-0.39, 0.29) is 34.9 Å². The van der Waals surface area contributed by atoms with Crippen LogP contribution in [-0.4, -0.2) is 41.7 Å². The molecule has 4 rings (SSSR count). The molecule has 2 N–H and O–H groups in total. The Labute approximate surface area is 229 Å². The zero-order chi connectivity index (χ0) is 28.8. The highest BCUT2D eigenvalue weighted by Gasteiger charge is 2.19. The number of amides is 2. The Balaban J connectivity index is 1.76. The average molecular weight is 549 g/mol. The molecule has 0 aliphatic carbocycles. The number of benzene rings is 3. The average Bonchev–Trinajstić information content (AvgIpc) is 2.97. The lowest BCUT2D eigenvalue weighted by Crippen LogP contribution is -2.42. The third kappa shape index (κ3) is 6.04. The van der Waals surface area contributed by atoms with Gasteiger partial charge in [0.2, 0.25) is 5.91 Å². The lowest BCUT2D eigenvalue weighted by Gasteiger charge is -2.16. The van der Waals surface area contributed by atoms with Gasteiger partial charge in [-0.3, -0.25) is 23.5 Å². The van der Waals surface area contributed by atoms with Crippen LogP contribution in [0.15, 0.2) is 70.3 Å². The molecule has 2 amide bonds. The molecule has 11 heteroatoms. The number of ether oxygens (including phenoxy) is 2. The molecule has 10 nitrogen and oxygen atoms in total. The lowest BCUT2D eigenvalue weighted by atomic mass is 10.1. The largest absolute Gasteiger partial charge is 0.493 e. The highest BCUT2D eigenvalue weighted by molar-refractivity contribution is 5.94. The quantitative estimate of drug-likeness (QED) is 0.314. The Morgan fingerprint density at radius 2 is 1.55 bits per heavy atom. The van der Waals surface area contributed by atoms with Gasteiger partial charge in [-0.2, -0.15) is 0 Å². The Bertz CT molecular complexity index is 1660. The van der Waals surface area contributed by atoms with Crippen LogP contribution < -0.4 is 31.4 Å². The molecule has 0 atom stereocenters. The van der Waals surface area contributed by atoms with Crippen molar-refractivity contribution in [1.82, 2.24) is 14.5 Å². The molecule has 208 valence electrons.